The number of pyridine rings is 5. The van der Waals surface area contributed by atoms with Crippen LogP contribution in [0.5, 0.6) is 0 Å². The molecule has 5 heteroatoms. The molecule has 0 bridgehead atoms. The van der Waals surface area contributed by atoms with Crippen molar-refractivity contribution in [3.05, 3.63) is 237 Å². The van der Waals surface area contributed by atoms with Gasteiger partial charge >= 0.3 is 0 Å². The largest absolute Gasteiger partial charge is 0.265 e. The Morgan fingerprint density at radius 1 is 0.235 bits per heavy atom. The van der Waals surface area contributed by atoms with Crippen LogP contribution in [-0.4, -0.2) is 24.9 Å². The lowest BCUT2D eigenvalue weighted by molar-refractivity contribution is 1.32. The first-order valence-electron chi connectivity index (χ1n) is 22.9. The summed E-state index contributed by atoms with van der Waals surface area (Å²) in [7, 11) is 0. The average molecular weight is 866 g/mol. The Labute approximate surface area is 392 Å². The van der Waals surface area contributed by atoms with E-state index in [1.165, 1.54) is 5.56 Å². The van der Waals surface area contributed by atoms with Crippen LogP contribution >= 0.6 is 0 Å². The molecule has 13 aromatic rings. The van der Waals surface area contributed by atoms with Gasteiger partial charge in [0.15, 0.2) is 0 Å². The number of fused-ring (bicyclic) bond motifs is 6. The topological polar surface area (TPSA) is 64.5 Å². The number of rotatable bonds is 7. The Balaban J connectivity index is 1.02. The molecule has 0 spiro atoms. The summed E-state index contributed by atoms with van der Waals surface area (Å²) < 4.78 is 0. The third-order valence-electron chi connectivity index (χ3n) is 13.3. The molecule has 0 atom stereocenters. The highest BCUT2D eigenvalue weighted by molar-refractivity contribution is 6.22. The van der Waals surface area contributed by atoms with Gasteiger partial charge in [0.25, 0.3) is 0 Å². The van der Waals surface area contributed by atoms with E-state index in [0.29, 0.717) is 0 Å². The molecule has 0 radical (unpaired) electrons. The molecule has 0 fully saturated rings. The molecule has 0 saturated heterocycles. The lowest BCUT2D eigenvalue weighted by Gasteiger charge is -2.19. The fourth-order valence-electron chi connectivity index (χ4n) is 10.0. The van der Waals surface area contributed by atoms with Crippen LogP contribution in [0.15, 0.2) is 237 Å². The second-order valence-electron chi connectivity index (χ2n) is 17.2. The molecule has 5 heterocycles. The van der Waals surface area contributed by atoms with Gasteiger partial charge in [-0.05, 0) is 109 Å². The molecule has 5 aromatic heterocycles. The molecule has 8 aromatic carbocycles. The molecule has 0 saturated carbocycles. The zero-order valence-electron chi connectivity index (χ0n) is 36.8. The highest BCUT2D eigenvalue weighted by atomic mass is 14.8. The summed E-state index contributed by atoms with van der Waals surface area (Å²) in [5.74, 6) is 0. The van der Waals surface area contributed by atoms with Gasteiger partial charge in [-0.3, -0.25) is 9.97 Å². The van der Waals surface area contributed by atoms with Crippen LogP contribution in [0.2, 0.25) is 0 Å². The first-order valence-corrected chi connectivity index (χ1v) is 22.9. The van der Waals surface area contributed by atoms with Gasteiger partial charge in [-0.2, -0.15) is 0 Å². The molecule has 68 heavy (non-hydrogen) atoms. The molecular formula is C63H39N5. The van der Waals surface area contributed by atoms with Crippen molar-refractivity contribution < 1.29 is 0 Å². The SMILES string of the molecule is c1ccc(-c2c3ccccc3nc3c2ccc2ccc(-c4c5ccccc5c(-c5cc(-c6ccc(-c7ccncc7)cc6)nc(-c6ccc(-c7ccncc7)cc6)c5)c5ccccc45)nc23)cc1. The molecule has 0 aliphatic carbocycles. The van der Waals surface area contributed by atoms with Crippen molar-refractivity contribution in [2.24, 2.45) is 0 Å². The van der Waals surface area contributed by atoms with Crippen LogP contribution in [0, 0.1) is 0 Å². The minimum absolute atomic E-state index is 0.883. The van der Waals surface area contributed by atoms with Crippen molar-refractivity contribution in [2.45, 2.75) is 0 Å². The Bertz CT molecular complexity index is 3880. The van der Waals surface area contributed by atoms with Gasteiger partial charge in [-0.25, -0.2) is 15.0 Å². The number of nitrogens with zero attached hydrogens (tertiary/aromatic N) is 5. The molecule has 0 N–H and O–H groups in total. The quantitative estimate of drug-likeness (QED) is 0.118. The third kappa shape index (κ3) is 6.76. The number of para-hydroxylation sites is 1. The minimum atomic E-state index is 0.883. The predicted molar refractivity (Wildman–Crippen MR) is 281 cm³/mol. The van der Waals surface area contributed by atoms with E-state index >= 15 is 0 Å². The lowest BCUT2D eigenvalue weighted by atomic mass is 9.86. The van der Waals surface area contributed by atoms with Crippen molar-refractivity contribution in [1.29, 1.82) is 0 Å². The maximum atomic E-state index is 5.60. The zero-order chi connectivity index (χ0) is 45.0. The molecule has 13 rings (SSSR count). The number of aromatic nitrogens is 5. The zero-order valence-corrected chi connectivity index (χ0v) is 36.8. The van der Waals surface area contributed by atoms with E-state index in [-0.39, 0.29) is 0 Å². The van der Waals surface area contributed by atoms with Gasteiger partial charge in [0.1, 0.15) is 0 Å². The minimum Gasteiger partial charge on any atom is -0.265 e. The van der Waals surface area contributed by atoms with E-state index < -0.39 is 0 Å². The van der Waals surface area contributed by atoms with Gasteiger partial charge in [-0.1, -0.05) is 164 Å². The fourth-order valence-corrected chi connectivity index (χ4v) is 10.0. The van der Waals surface area contributed by atoms with E-state index in [0.717, 1.165) is 127 Å². The van der Waals surface area contributed by atoms with Gasteiger partial charge in [-0.15, -0.1) is 0 Å². The fraction of sp³-hybridized carbons (Fsp3) is 0. The normalized spacial score (nSPS) is 11.5. The van der Waals surface area contributed by atoms with E-state index in [4.69, 9.17) is 15.0 Å². The maximum absolute atomic E-state index is 5.60. The van der Waals surface area contributed by atoms with E-state index in [9.17, 15) is 0 Å². The summed E-state index contributed by atoms with van der Waals surface area (Å²) in [4.78, 5) is 24.8. The molecular weight excluding hydrogens is 827 g/mol. The summed E-state index contributed by atoms with van der Waals surface area (Å²) in [6.07, 6.45) is 7.33. The molecule has 0 aliphatic heterocycles. The van der Waals surface area contributed by atoms with Crippen LogP contribution in [0.25, 0.3) is 133 Å². The van der Waals surface area contributed by atoms with Crippen LogP contribution in [0.1, 0.15) is 0 Å². The standard InChI is InChI=1S/C63H39N5/c1-2-10-46(11-3-1)59-53-16-8-9-17-55(53)67-63-54(59)28-26-47-27-29-56(68-62(47)63)61-51-14-6-4-12-49(51)60(50-13-5-7-15-52(50)61)48-38-57(44-22-18-40(19-23-44)42-30-34-64-35-31-42)66-58(39-48)45-24-20-41(21-25-45)43-32-36-65-37-33-43/h1-39H. The van der Waals surface area contributed by atoms with E-state index in [1.807, 2.05) is 49.1 Å². The summed E-state index contributed by atoms with van der Waals surface area (Å²) >= 11 is 0. The highest BCUT2D eigenvalue weighted by Crippen LogP contribution is 2.46. The Morgan fingerprint density at radius 2 is 0.691 bits per heavy atom. The van der Waals surface area contributed by atoms with E-state index in [2.05, 4.69) is 198 Å². The van der Waals surface area contributed by atoms with Crippen molar-refractivity contribution in [3.8, 4) is 78.3 Å². The van der Waals surface area contributed by atoms with Crippen LogP contribution in [0.4, 0.5) is 0 Å². The highest BCUT2D eigenvalue weighted by Gasteiger charge is 2.21. The first kappa shape index (κ1) is 39.2. The number of hydrogen-bond acceptors (Lipinski definition) is 5. The third-order valence-corrected chi connectivity index (χ3v) is 13.3. The second kappa shape index (κ2) is 16.4. The van der Waals surface area contributed by atoms with Crippen LogP contribution in [-0.2, 0) is 0 Å². The smallest absolute Gasteiger partial charge is 0.0978 e. The average Bonchev–Trinajstić information content (AvgIpc) is 3.42. The first-order chi connectivity index (χ1) is 33.7. The number of hydrogen-bond donors (Lipinski definition) is 0. The van der Waals surface area contributed by atoms with Crippen LogP contribution < -0.4 is 0 Å². The van der Waals surface area contributed by atoms with Gasteiger partial charge in [0.2, 0.25) is 0 Å². The van der Waals surface area contributed by atoms with Crippen molar-refractivity contribution in [2.75, 3.05) is 0 Å². The predicted octanol–water partition coefficient (Wildman–Crippen LogP) is 16.1. The van der Waals surface area contributed by atoms with Gasteiger partial charge in [0, 0.05) is 63.2 Å². The second-order valence-corrected chi connectivity index (χ2v) is 17.2. The maximum Gasteiger partial charge on any atom is 0.0978 e. The monoisotopic (exact) mass is 865 g/mol. The summed E-state index contributed by atoms with van der Waals surface area (Å²) in [5.41, 5.74) is 17.7. The molecule has 0 unspecified atom stereocenters. The summed E-state index contributed by atoms with van der Waals surface area (Å²) in [5, 5.41) is 7.79. The van der Waals surface area contributed by atoms with Crippen LogP contribution in [0.3, 0.4) is 0 Å². The molecule has 0 amide bonds. The Kier molecular flexibility index (Phi) is 9.43. The van der Waals surface area contributed by atoms with Gasteiger partial charge < -0.3 is 0 Å². The molecule has 0 aliphatic rings. The summed E-state index contributed by atoms with van der Waals surface area (Å²) in [6.45, 7) is 0. The van der Waals surface area contributed by atoms with Gasteiger partial charge in [0.05, 0.1) is 33.6 Å². The van der Waals surface area contributed by atoms with Crippen molar-refractivity contribution >= 4 is 54.3 Å². The lowest BCUT2D eigenvalue weighted by Crippen LogP contribution is -1.96. The van der Waals surface area contributed by atoms with Crippen molar-refractivity contribution in [3.63, 3.8) is 0 Å². The molecule has 316 valence electrons. The molecule has 5 nitrogen and oxygen atoms in total. The van der Waals surface area contributed by atoms with E-state index in [1.54, 1.807) is 0 Å². The summed E-state index contributed by atoms with van der Waals surface area (Å²) in [6, 6.07) is 75.4. The number of benzene rings is 8. The Hall–Kier alpha value is -9.19. The van der Waals surface area contributed by atoms with Crippen molar-refractivity contribution in [1.82, 2.24) is 24.9 Å². The Morgan fingerprint density at radius 3 is 1.26 bits per heavy atom.